The maximum absolute atomic E-state index is 12.9. The van der Waals surface area contributed by atoms with Crippen molar-refractivity contribution in [2.45, 2.75) is 0 Å². The second kappa shape index (κ2) is 3.81. The third-order valence-electron chi connectivity index (χ3n) is 1.41. The van der Waals surface area contributed by atoms with Gasteiger partial charge in [-0.15, -0.1) is 4.36 Å². The predicted octanol–water partition coefficient (Wildman–Crippen LogP) is 1.41. The number of halogens is 4. The van der Waals surface area contributed by atoms with Crippen molar-refractivity contribution in [3.63, 3.8) is 0 Å². The van der Waals surface area contributed by atoms with Gasteiger partial charge < -0.3 is 5.73 Å². The standard InChI is InChI=1S/C6H2BrClF2N2S/c7-1-3(9)4(10)2(8)6(12-13)5(1)11/h11H2/p+1. The lowest BCUT2D eigenvalue weighted by atomic mass is 10.2. The fourth-order valence-corrected chi connectivity index (χ4v) is 1.62. The van der Waals surface area contributed by atoms with Gasteiger partial charge in [0.05, 0.1) is 4.47 Å². The van der Waals surface area contributed by atoms with Crippen LogP contribution in [0.15, 0.2) is 4.47 Å². The number of hydrogen-bond donors (Lipinski definition) is 2. The molecule has 0 aliphatic heterocycles. The van der Waals surface area contributed by atoms with Gasteiger partial charge in [-0.25, -0.2) is 8.78 Å². The van der Waals surface area contributed by atoms with Crippen molar-refractivity contribution in [2.24, 2.45) is 0 Å². The minimum Gasteiger partial charge on any atom is -0.392 e. The predicted molar refractivity (Wildman–Crippen MR) is 51.5 cm³/mol. The summed E-state index contributed by atoms with van der Waals surface area (Å²) in [5.74, 6) is -2.31. The quantitative estimate of drug-likeness (QED) is 0.466. The Morgan fingerprint density at radius 3 is 2.38 bits per heavy atom. The molecule has 0 aliphatic carbocycles. The van der Waals surface area contributed by atoms with E-state index in [1.807, 2.05) is 0 Å². The number of nitrogen functional groups attached to an aromatic ring is 1. The third kappa shape index (κ3) is 1.66. The number of nitrogens with one attached hydrogen (secondary N) is 1. The number of benzene rings is 1. The molecule has 3 N–H and O–H groups in total. The second-order valence-electron chi connectivity index (χ2n) is 2.15. The molecule has 7 heteroatoms. The Kier molecular flexibility index (Phi) is 3.15. The first-order chi connectivity index (χ1) is 6.00. The van der Waals surface area contributed by atoms with Crippen LogP contribution in [0.3, 0.4) is 0 Å². The van der Waals surface area contributed by atoms with E-state index in [1.54, 1.807) is 0 Å². The average Bonchev–Trinajstić information content (AvgIpc) is 2.13. The summed E-state index contributed by atoms with van der Waals surface area (Å²) in [6, 6.07) is 0. The number of rotatable bonds is 1. The molecule has 70 valence electrons. The fourth-order valence-electron chi connectivity index (χ4n) is 0.748. The summed E-state index contributed by atoms with van der Waals surface area (Å²) in [4.78, 5) is 0. The van der Waals surface area contributed by atoms with E-state index in [2.05, 4.69) is 32.7 Å². The maximum atomic E-state index is 12.9. The van der Waals surface area contributed by atoms with E-state index in [0.29, 0.717) is 0 Å². The number of anilines is 1. The van der Waals surface area contributed by atoms with Crippen molar-refractivity contribution >= 4 is 51.3 Å². The van der Waals surface area contributed by atoms with Crippen LogP contribution in [0.5, 0.6) is 0 Å². The highest BCUT2D eigenvalue weighted by Crippen LogP contribution is 2.36. The van der Waals surface area contributed by atoms with Crippen molar-refractivity contribution in [2.75, 3.05) is 5.73 Å². The summed E-state index contributed by atoms with van der Waals surface area (Å²) in [5, 5.41) is -0.451. The molecule has 2 nitrogen and oxygen atoms in total. The minimum atomic E-state index is -1.19. The normalized spacial score (nSPS) is 10.2. The molecular formula is C6H3BrClF2N2S+. The number of hydrogen-bond acceptors (Lipinski definition) is 2. The lowest BCUT2D eigenvalue weighted by Crippen LogP contribution is -2.56. The molecule has 0 aliphatic rings. The summed E-state index contributed by atoms with van der Waals surface area (Å²) in [6.45, 7) is 0. The van der Waals surface area contributed by atoms with Gasteiger partial charge in [0, 0.05) is 0 Å². The lowest BCUT2D eigenvalue weighted by Gasteiger charge is -2.02. The Hall–Kier alpha value is -0.330. The first kappa shape index (κ1) is 10.7. The van der Waals surface area contributed by atoms with Crippen LogP contribution in [0.1, 0.15) is 0 Å². The molecule has 13 heavy (non-hydrogen) atoms. The van der Waals surface area contributed by atoms with Crippen LogP contribution in [0.25, 0.3) is 0 Å². The molecule has 0 radical (unpaired) electrons. The molecule has 0 atom stereocenters. The molecule has 1 rings (SSSR count). The Balaban J connectivity index is 3.66. The molecule has 1 aromatic rings. The van der Waals surface area contributed by atoms with Crippen LogP contribution >= 0.6 is 27.5 Å². The zero-order chi connectivity index (χ0) is 10.2. The van der Waals surface area contributed by atoms with Gasteiger partial charge in [-0.2, -0.15) is 0 Å². The highest BCUT2D eigenvalue weighted by Gasteiger charge is 2.24. The zero-order valence-corrected chi connectivity index (χ0v) is 9.16. The summed E-state index contributed by atoms with van der Waals surface area (Å²) in [6.07, 6.45) is 0. The Bertz CT molecular complexity index is 356. The lowest BCUT2D eigenvalue weighted by molar-refractivity contribution is -0.314. The summed E-state index contributed by atoms with van der Waals surface area (Å²) in [5.41, 5.74) is 5.33. The van der Waals surface area contributed by atoms with E-state index in [4.69, 9.17) is 17.3 Å². The summed E-state index contributed by atoms with van der Waals surface area (Å²) in [7, 11) is 0. The van der Waals surface area contributed by atoms with Gasteiger partial charge in [0.1, 0.15) is 5.69 Å². The van der Waals surface area contributed by atoms with Crippen LogP contribution in [-0.2, 0) is 12.4 Å². The average molecular weight is 289 g/mol. The highest BCUT2D eigenvalue weighted by molar-refractivity contribution is 9.10. The van der Waals surface area contributed by atoms with Gasteiger partial charge in [0.25, 0.3) is 18.1 Å². The topological polar surface area (TPSA) is 40.0 Å². The van der Waals surface area contributed by atoms with Crippen molar-refractivity contribution < 1.29 is 13.1 Å². The first-order valence-electron chi connectivity index (χ1n) is 3.00. The number of nitrogens with two attached hydrogens (primary N) is 1. The Morgan fingerprint density at radius 1 is 1.38 bits per heavy atom. The molecule has 0 amide bonds. The molecular weight excluding hydrogens is 285 g/mol. The molecule has 0 heterocycles. The maximum Gasteiger partial charge on any atom is 0.268 e. The molecule has 0 aromatic heterocycles. The minimum absolute atomic E-state index is 0.0116. The molecule has 0 unspecified atom stereocenters. The van der Waals surface area contributed by atoms with Crippen LogP contribution in [0.4, 0.5) is 20.2 Å². The smallest absolute Gasteiger partial charge is 0.268 e. The summed E-state index contributed by atoms with van der Waals surface area (Å²) < 4.78 is 27.8. The third-order valence-corrected chi connectivity index (χ3v) is 2.74. The molecule has 1 aromatic carbocycles. The Morgan fingerprint density at radius 2 is 1.92 bits per heavy atom. The highest BCUT2D eigenvalue weighted by atomic mass is 79.9. The largest absolute Gasteiger partial charge is 0.392 e. The van der Waals surface area contributed by atoms with E-state index in [1.165, 1.54) is 0 Å². The Labute approximate surface area is 91.4 Å². The van der Waals surface area contributed by atoms with Gasteiger partial charge >= 0.3 is 0 Å². The van der Waals surface area contributed by atoms with Crippen LogP contribution < -0.4 is 10.1 Å². The molecule has 0 saturated carbocycles. The van der Waals surface area contributed by atoms with E-state index in [-0.39, 0.29) is 15.8 Å². The van der Waals surface area contributed by atoms with Gasteiger partial charge in [0.15, 0.2) is 16.7 Å². The van der Waals surface area contributed by atoms with Crippen molar-refractivity contribution in [1.29, 1.82) is 0 Å². The van der Waals surface area contributed by atoms with Crippen LogP contribution in [0.2, 0.25) is 5.02 Å². The van der Waals surface area contributed by atoms with Gasteiger partial charge in [0.2, 0.25) is 0 Å². The first-order valence-corrected chi connectivity index (χ1v) is 4.58. The van der Waals surface area contributed by atoms with Gasteiger partial charge in [-0.1, -0.05) is 11.6 Å². The van der Waals surface area contributed by atoms with E-state index >= 15 is 0 Å². The second-order valence-corrected chi connectivity index (χ2v) is 3.52. The van der Waals surface area contributed by atoms with Crippen LogP contribution in [-0.4, -0.2) is 0 Å². The van der Waals surface area contributed by atoms with Gasteiger partial charge in [-0.3, -0.25) is 0 Å². The molecule has 0 bridgehead atoms. The fraction of sp³-hybridized carbons (Fsp3) is 0. The SMILES string of the molecule is Nc1c(Br)c(F)c(F)c(Cl)c1[NH+]=S. The van der Waals surface area contributed by atoms with E-state index < -0.39 is 16.7 Å². The van der Waals surface area contributed by atoms with Crippen molar-refractivity contribution in [3.8, 4) is 0 Å². The van der Waals surface area contributed by atoms with Gasteiger partial charge in [-0.05, 0) is 15.9 Å². The molecule has 0 spiro atoms. The van der Waals surface area contributed by atoms with E-state index in [0.717, 1.165) is 0 Å². The molecule has 0 fully saturated rings. The van der Waals surface area contributed by atoms with Crippen LogP contribution in [0, 0.1) is 11.6 Å². The van der Waals surface area contributed by atoms with Crippen molar-refractivity contribution in [1.82, 2.24) is 0 Å². The monoisotopic (exact) mass is 287 g/mol. The molecule has 0 saturated heterocycles. The van der Waals surface area contributed by atoms with E-state index in [9.17, 15) is 8.78 Å². The zero-order valence-electron chi connectivity index (χ0n) is 6.00. The van der Waals surface area contributed by atoms with Crippen molar-refractivity contribution in [3.05, 3.63) is 21.1 Å². The summed E-state index contributed by atoms with van der Waals surface area (Å²) >= 11 is 12.6.